The van der Waals surface area contributed by atoms with E-state index in [0.717, 1.165) is 0 Å². The normalized spacial score (nSPS) is 9.00. The molecule has 0 bridgehead atoms. The minimum Gasteiger partial charge on any atom is -0.326 e. The fourth-order valence-electron chi connectivity index (χ4n) is 0.706. The van der Waals surface area contributed by atoms with Gasteiger partial charge in [-0.3, -0.25) is 0 Å². The molecule has 0 aliphatic heterocycles. The molecule has 0 unspecified atom stereocenters. The molecule has 0 fully saturated rings. The van der Waals surface area contributed by atoms with Crippen molar-refractivity contribution in [2.45, 2.75) is 6.54 Å². The van der Waals surface area contributed by atoms with Gasteiger partial charge in [-0.2, -0.15) is 0 Å². The Balaban J connectivity index is 0.000001000. The third-order valence-electron chi connectivity index (χ3n) is 1.25. The lowest BCUT2D eigenvalue weighted by Gasteiger charge is -1.99. The quantitative estimate of drug-likeness (QED) is 0.802. The van der Waals surface area contributed by atoms with Gasteiger partial charge < -0.3 is 5.73 Å². The first-order chi connectivity index (χ1) is 4.75. The highest BCUT2D eigenvalue weighted by molar-refractivity contribution is 9.10. The summed E-state index contributed by atoms with van der Waals surface area (Å²) in [5.41, 5.74) is 5.80. The van der Waals surface area contributed by atoms with E-state index < -0.39 is 0 Å². The molecule has 1 nitrogen and oxygen atoms in total. The highest BCUT2D eigenvalue weighted by Crippen LogP contribution is 2.17. The van der Waals surface area contributed by atoms with Crippen LogP contribution in [0.5, 0.6) is 0 Å². The smallest absolute Gasteiger partial charge is 0.141 e. The van der Waals surface area contributed by atoms with E-state index in [1.165, 1.54) is 0 Å². The number of hydrogen-bond donors (Lipinski definition) is 1. The van der Waals surface area contributed by atoms with Gasteiger partial charge in [0.25, 0.3) is 0 Å². The molecule has 1 aromatic rings. The molecule has 4 heteroatoms. The molecular weight excluding hydrogens is 232 g/mol. The average molecular weight is 241 g/mol. The van der Waals surface area contributed by atoms with Gasteiger partial charge >= 0.3 is 0 Å². The summed E-state index contributed by atoms with van der Waals surface area (Å²) in [6.45, 7) is 0.241. The van der Waals surface area contributed by atoms with E-state index in [1.807, 2.05) is 0 Å². The summed E-state index contributed by atoms with van der Waals surface area (Å²) in [5.74, 6) is -0.259. The standard InChI is InChI=1S/C7H7BrFN.ClH/c8-6-3-1-2-5(4-10)7(6)9;/h1-3H,4,10H2;1H. The van der Waals surface area contributed by atoms with Gasteiger partial charge in [-0.25, -0.2) is 4.39 Å². The van der Waals surface area contributed by atoms with Gasteiger partial charge in [0.15, 0.2) is 0 Å². The number of benzene rings is 1. The largest absolute Gasteiger partial charge is 0.326 e. The summed E-state index contributed by atoms with van der Waals surface area (Å²) in [4.78, 5) is 0. The molecule has 0 heterocycles. The van der Waals surface area contributed by atoms with Crippen molar-refractivity contribution in [2.75, 3.05) is 0 Å². The maximum Gasteiger partial charge on any atom is 0.141 e. The van der Waals surface area contributed by atoms with Crippen LogP contribution in [-0.2, 0) is 6.54 Å². The lowest BCUT2D eigenvalue weighted by atomic mass is 10.2. The number of halogens is 3. The van der Waals surface area contributed by atoms with E-state index in [2.05, 4.69) is 15.9 Å². The lowest BCUT2D eigenvalue weighted by molar-refractivity contribution is 0.604. The molecule has 0 saturated heterocycles. The van der Waals surface area contributed by atoms with E-state index in [1.54, 1.807) is 18.2 Å². The van der Waals surface area contributed by atoms with Crippen LogP contribution in [0.2, 0.25) is 0 Å². The van der Waals surface area contributed by atoms with E-state index in [-0.39, 0.29) is 24.8 Å². The molecule has 0 saturated carbocycles. The third kappa shape index (κ3) is 2.43. The van der Waals surface area contributed by atoms with Crippen molar-refractivity contribution in [1.29, 1.82) is 0 Å². The Bertz CT molecular complexity index is 242. The minimum atomic E-state index is -0.259. The van der Waals surface area contributed by atoms with Crippen LogP contribution in [0.4, 0.5) is 4.39 Å². The summed E-state index contributed by atoms with van der Waals surface area (Å²) in [5, 5.41) is 0. The van der Waals surface area contributed by atoms with Crippen molar-refractivity contribution in [3.05, 3.63) is 34.1 Å². The average Bonchev–Trinajstić information content (AvgIpc) is 1.95. The molecule has 0 amide bonds. The first-order valence-corrected chi connectivity index (χ1v) is 3.68. The van der Waals surface area contributed by atoms with Crippen molar-refractivity contribution >= 4 is 28.3 Å². The van der Waals surface area contributed by atoms with Crippen LogP contribution in [0, 0.1) is 5.82 Å². The van der Waals surface area contributed by atoms with Crippen LogP contribution in [0.1, 0.15) is 5.56 Å². The second-order valence-corrected chi connectivity index (χ2v) is 2.77. The van der Waals surface area contributed by atoms with Crippen LogP contribution >= 0.6 is 28.3 Å². The number of rotatable bonds is 1. The maximum absolute atomic E-state index is 12.9. The Morgan fingerprint density at radius 2 is 2.09 bits per heavy atom. The van der Waals surface area contributed by atoms with Crippen LogP contribution in [0.25, 0.3) is 0 Å². The summed E-state index contributed by atoms with van der Waals surface area (Å²) in [6, 6.07) is 5.07. The van der Waals surface area contributed by atoms with Crippen molar-refractivity contribution in [3.8, 4) is 0 Å². The van der Waals surface area contributed by atoms with Crippen molar-refractivity contribution < 1.29 is 4.39 Å². The van der Waals surface area contributed by atoms with E-state index in [9.17, 15) is 4.39 Å². The molecule has 2 N–H and O–H groups in total. The maximum atomic E-state index is 12.9. The van der Waals surface area contributed by atoms with Gasteiger partial charge in [0.1, 0.15) is 5.82 Å². The van der Waals surface area contributed by atoms with Gasteiger partial charge in [0, 0.05) is 12.1 Å². The summed E-state index contributed by atoms with van der Waals surface area (Å²) in [7, 11) is 0. The van der Waals surface area contributed by atoms with Crippen molar-refractivity contribution in [3.63, 3.8) is 0 Å². The molecule has 1 aromatic carbocycles. The van der Waals surface area contributed by atoms with Crippen LogP contribution in [-0.4, -0.2) is 0 Å². The second-order valence-electron chi connectivity index (χ2n) is 1.92. The zero-order valence-electron chi connectivity index (χ0n) is 5.68. The second kappa shape index (κ2) is 4.70. The SMILES string of the molecule is Cl.NCc1cccc(Br)c1F. The van der Waals surface area contributed by atoms with Gasteiger partial charge in [0.05, 0.1) is 4.47 Å². The minimum absolute atomic E-state index is 0. The molecule has 11 heavy (non-hydrogen) atoms. The molecule has 0 atom stereocenters. The Labute approximate surface area is 79.3 Å². The fraction of sp³-hybridized carbons (Fsp3) is 0.143. The fourth-order valence-corrected chi connectivity index (χ4v) is 1.11. The van der Waals surface area contributed by atoms with Gasteiger partial charge in [-0.1, -0.05) is 12.1 Å². The molecule has 0 aliphatic rings. The van der Waals surface area contributed by atoms with Crippen molar-refractivity contribution in [1.82, 2.24) is 0 Å². The van der Waals surface area contributed by atoms with Crippen molar-refractivity contribution in [2.24, 2.45) is 5.73 Å². The van der Waals surface area contributed by atoms with Crippen LogP contribution < -0.4 is 5.73 Å². The number of hydrogen-bond acceptors (Lipinski definition) is 1. The van der Waals surface area contributed by atoms with Crippen LogP contribution in [0.15, 0.2) is 22.7 Å². The Kier molecular flexibility index (Phi) is 4.65. The van der Waals surface area contributed by atoms with E-state index in [4.69, 9.17) is 5.73 Å². The Morgan fingerprint density at radius 1 is 1.45 bits per heavy atom. The Hall–Kier alpha value is -0.120. The molecule has 62 valence electrons. The first kappa shape index (κ1) is 10.9. The lowest BCUT2D eigenvalue weighted by Crippen LogP contribution is -1.99. The van der Waals surface area contributed by atoms with Gasteiger partial charge in [-0.05, 0) is 22.0 Å². The summed E-state index contributed by atoms with van der Waals surface area (Å²) >= 11 is 3.06. The zero-order valence-corrected chi connectivity index (χ0v) is 8.08. The van der Waals surface area contributed by atoms with Crippen LogP contribution in [0.3, 0.4) is 0 Å². The van der Waals surface area contributed by atoms with E-state index >= 15 is 0 Å². The first-order valence-electron chi connectivity index (χ1n) is 2.88. The molecule has 0 aliphatic carbocycles. The molecule has 0 aromatic heterocycles. The molecule has 0 spiro atoms. The molecule has 0 radical (unpaired) electrons. The topological polar surface area (TPSA) is 26.0 Å². The van der Waals surface area contributed by atoms with Gasteiger partial charge in [0.2, 0.25) is 0 Å². The predicted molar refractivity (Wildman–Crippen MR) is 49.2 cm³/mol. The predicted octanol–water partition coefficient (Wildman–Crippen LogP) is 2.47. The van der Waals surface area contributed by atoms with E-state index in [0.29, 0.717) is 10.0 Å². The monoisotopic (exact) mass is 239 g/mol. The summed E-state index contributed by atoms with van der Waals surface area (Å²) in [6.07, 6.45) is 0. The summed E-state index contributed by atoms with van der Waals surface area (Å²) < 4.78 is 13.3. The highest BCUT2D eigenvalue weighted by Gasteiger charge is 2.01. The van der Waals surface area contributed by atoms with Gasteiger partial charge in [-0.15, -0.1) is 12.4 Å². The Morgan fingerprint density at radius 3 is 2.55 bits per heavy atom. The zero-order chi connectivity index (χ0) is 7.56. The third-order valence-corrected chi connectivity index (χ3v) is 1.86. The molecular formula is C7H8BrClFN. The molecule has 1 rings (SSSR count). The number of nitrogens with two attached hydrogens (primary N) is 1. The highest BCUT2D eigenvalue weighted by atomic mass is 79.9.